The summed E-state index contributed by atoms with van der Waals surface area (Å²) in [6, 6.07) is 7.09. The zero-order chi connectivity index (χ0) is 21.5. The number of benzene rings is 1. The Bertz CT molecular complexity index is 885. The van der Waals surface area contributed by atoms with Gasteiger partial charge in [-0.1, -0.05) is 6.92 Å². The van der Waals surface area contributed by atoms with Crippen molar-refractivity contribution in [3.05, 3.63) is 40.3 Å². The van der Waals surface area contributed by atoms with E-state index < -0.39 is 5.97 Å². The number of carbonyl (C=O) groups excluding carboxylic acids is 2. The van der Waals surface area contributed by atoms with Crippen LogP contribution in [-0.4, -0.2) is 50.2 Å². The molecule has 0 atom stereocenters. The number of hydrogen-bond donors (Lipinski definition) is 1. The molecule has 0 fully saturated rings. The summed E-state index contributed by atoms with van der Waals surface area (Å²) in [6.07, 6.45) is 1.85. The molecule has 0 saturated heterocycles. The lowest BCUT2D eigenvalue weighted by Gasteiger charge is -2.26. The number of esters is 1. The maximum Gasteiger partial charge on any atom is 0.341 e. The highest BCUT2D eigenvalue weighted by Crippen LogP contribution is 2.37. The number of anilines is 1. The first-order valence-electron chi connectivity index (χ1n) is 10.2. The van der Waals surface area contributed by atoms with Crippen molar-refractivity contribution in [3.63, 3.8) is 0 Å². The van der Waals surface area contributed by atoms with Gasteiger partial charge in [-0.3, -0.25) is 9.69 Å². The highest BCUT2D eigenvalue weighted by atomic mass is 35.5. The van der Waals surface area contributed by atoms with Crippen molar-refractivity contribution in [2.75, 3.05) is 38.7 Å². The van der Waals surface area contributed by atoms with Crippen molar-refractivity contribution in [3.8, 4) is 11.5 Å². The third kappa shape index (κ3) is 6.35. The second kappa shape index (κ2) is 11.9. The monoisotopic (exact) mass is 468 g/mol. The number of carbonyl (C=O) groups is 2. The van der Waals surface area contributed by atoms with E-state index in [0.29, 0.717) is 22.9 Å². The number of halogens is 1. The number of nitrogens with one attached hydrogen (secondary N) is 1. The summed E-state index contributed by atoms with van der Waals surface area (Å²) < 4.78 is 15.9. The summed E-state index contributed by atoms with van der Waals surface area (Å²) in [4.78, 5) is 28.3. The van der Waals surface area contributed by atoms with Gasteiger partial charge < -0.3 is 19.5 Å². The van der Waals surface area contributed by atoms with Crippen LogP contribution in [0.15, 0.2) is 24.3 Å². The number of methoxy groups -OCH3 is 1. The van der Waals surface area contributed by atoms with Crippen LogP contribution < -0.4 is 14.8 Å². The Balaban J connectivity index is 0.00000341. The van der Waals surface area contributed by atoms with Gasteiger partial charge in [0.15, 0.2) is 6.61 Å². The van der Waals surface area contributed by atoms with E-state index in [1.807, 2.05) is 6.92 Å². The fourth-order valence-corrected chi connectivity index (χ4v) is 4.77. The van der Waals surface area contributed by atoms with Gasteiger partial charge in [-0.15, -0.1) is 23.7 Å². The molecule has 9 heteroatoms. The lowest BCUT2D eigenvalue weighted by Crippen LogP contribution is -2.30. The lowest BCUT2D eigenvalue weighted by molar-refractivity contribution is -0.118. The van der Waals surface area contributed by atoms with Gasteiger partial charge in [0, 0.05) is 18.0 Å². The molecule has 1 aromatic heterocycles. The largest absolute Gasteiger partial charge is 0.494 e. The lowest BCUT2D eigenvalue weighted by atomic mass is 10.0. The van der Waals surface area contributed by atoms with Gasteiger partial charge in [0.1, 0.15) is 16.5 Å². The Morgan fingerprint density at radius 3 is 2.42 bits per heavy atom. The van der Waals surface area contributed by atoms with Crippen LogP contribution in [0, 0.1) is 0 Å². The highest BCUT2D eigenvalue weighted by molar-refractivity contribution is 7.17. The number of hydrogen-bond acceptors (Lipinski definition) is 7. The fourth-order valence-electron chi connectivity index (χ4n) is 3.48. The van der Waals surface area contributed by atoms with E-state index in [2.05, 4.69) is 17.1 Å². The first-order valence-corrected chi connectivity index (χ1v) is 11.0. The Kier molecular flexibility index (Phi) is 9.61. The number of amides is 1. The van der Waals surface area contributed by atoms with Crippen LogP contribution in [0.4, 0.5) is 5.00 Å². The molecule has 0 saturated carbocycles. The Labute approximate surface area is 193 Å². The molecule has 31 heavy (non-hydrogen) atoms. The summed E-state index contributed by atoms with van der Waals surface area (Å²) >= 11 is 1.45. The van der Waals surface area contributed by atoms with E-state index in [4.69, 9.17) is 14.2 Å². The summed E-state index contributed by atoms with van der Waals surface area (Å²) in [6.45, 7) is 7.21. The van der Waals surface area contributed by atoms with E-state index in [1.54, 1.807) is 24.3 Å². The van der Waals surface area contributed by atoms with E-state index in [0.717, 1.165) is 48.7 Å². The summed E-state index contributed by atoms with van der Waals surface area (Å²) in [5, 5.41) is 3.38. The first-order chi connectivity index (χ1) is 14.5. The van der Waals surface area contributed by atoms with Crippen LogP contribution in [0.5, 0.6) is 11.5 Å². The van der Waals surface area contributed by atoms with Crippen LogP contribution >= 0.6 is 23.7 Å². The van der Waals surface area contributed by atoms with E-state index >= 15 is 0 Å². The van der Waals surface area contributed by atoms with Crippen molar-refractivity contribution in [1.29, 1.82) is 0 Å². The van der Waals surface area contributed by atoms with Crippen molar-refractivity contribution < 1.29 is 23.8 Å². The summed E-state index contributed by atoms with van der Waals surface area (Å²) in [5.41, 5.74) is 1.46. The maximum atomic E-state index is 12.5. The number of nitrogens with zero attached hydrogens (tertiary/aromatic N) is 1. The fraction of sp³-hybridized carbons (Fsp3) is 0.455. The number of fused-ring (bicyclic) bond motifs is 1. The molecule has 7 nitrogen and oxygen atoms in total. The van der Waals surface area contributed by atoms with Crippen LogP contribution in [-0.2, 0) is 22.5 Å². The number of ether oxygens (including phenoxy) is 3. The third-order valence-corrected chi connectivity index (χ3v) is 5.96. The van der Waals surface area contributed by atoms with Gasteiger partial charge in [0.25, 0.3) is 5.91 Å². The van der Waals surface area contributed by atoms with Gasteiger partial charge in [-0.25, -0.2) is 4.79 Å². The topological polar surface area (TPSA) is 77.1 Å². The molecule has 1 aliphatic heterocycles. The normalized spacial score (nSPS) is 13.0. The zero-order valence-electron chi connectivity index (χ0n) is 18.1. The third-order valence-electron chi connectivity index (χ3n) is 4.82. The molecule has 3 rings (SSSR count). The van der Waals surface area contributed by atoms with Crippen molar-refractivity contribution in [1.82, 2.24) is 4.90 Å². The van der Waals surface area contributed by atoms with Crippen molar-refractivity contribution >= 4 is 40.6 Å². The quantitative estimate of drug-likeness (QED) is 0.557. The molecule has 0 unspecified atom stereocenters. The predicted octanol–water partition coefficient (Wildman–Crippen LogP) is 4.14. The number of rotatable bonds is 9. The maximum absolute atomic E-state index is 12.5. The molecular formula is C22H29ClN2O5S. The molecule has 1 aliphatic rings. The van der Waals surface area contributed by atoms with E-state index in [9.17, 15) is 9.59 Å². The van der Waals surface area contributed by atoms with Gasteiger partial charge in [-0.05, 0) is 56.1 Å². The summed E-state index contributed by atoms with van der Waals surface area (Å²) in [5.74, 6) is 0.581. The zero-order valence-corrected chi connectivity index (χ0v) is 19.7. The van der Waals surface area contributed by atoms with Crippen molar-refractivity contribution in [2.45, 2.75) is 33.2 Å². The molecule has 0 radical (unpaired) electrons. The Hall–Kier alpha value is -2.29. The highest BCUT2D eigenvalue weighted by Gasteiger charge is 2.29. The molecule has 1 aromatic carbocycles. The molecule has 2 aromatic rings. The van der Waals surface area contributed by atoms with Crippen LogP contribution in [0.25, 0.3) is 0 Å². The van der Waals surface area contributed by atoms with Gasteiger partial charge in [0.2, 0.25) is 0 Å². The Morgan fingerprint density at radius 2 is 1.81 bits per heavy atom. The number of thiophene rings is 1. The minimum Gasteiger partial charge on any atom is -0.494 e. The summed E-state index contributed by atoms with van der Waals surface area (Å²) in [7, 11) is 1.36. The average Bonchev–Trinajstić information content (AvgIpc) is 3.10. The molecule has 1 amide bonds. The second-order valence-corrected chi connectivity index (χ2v) is 8.07. The molecule has 170 valence electrons. The van der Waals surface area contributed by atoms with E-state index in [1.165, 1.54) is 18.4 Å². The molecule has 1 N–H and O–H groups in total. The second-order valence-electron chi connectivity index (χ2n) is 6.97. The van der Waals surface area contributed by atoms with Crippen LogP contribution in [0.2, 0.25) is 0 Å². The smallest absolute Gasteiger partial charge is 0.341 e. The van der Waals surface area contributed by atoms with Crippen LogP contribution in [0.1, 0.15) is 41.1 Å². The minimum absolute atomic E-state index is 0. The average molecular weight is 469 g/mol. The molecular weight excluding hydrogens is 440 g/mol. The van der Waals surface area contributed by atoms with Crippen LogP contribution in [0.3, 0.4) is 0 Å². The van der Waals surface area contributed by atoms with E-state index in [-0.39, 0.29) is 24.9 Å². The molecule has 0 aliphatic carbocycles. The molecule has 2 heterocycles. The van der Waals surface area contributed by atoms with Gasteiger partial charge in [-0.2, -0.15) is 0 Å². The first kappa shape index (κ1) is 25.0. The Morgan fingerprint density at radius 1 is 1.13 bits per heavy atom. The predicted molar refractivity (Wildman–Crippen MR) is 124 cm³/mol. The van der Waals surface area contributed by atoms with Gasteiger partial charge in [0.05, 0.1) is 19.3 Å². The standard InChI is InChI=1S/C22H28N2O5S.ClH/c1-4-11-24-12-10-17-18(13-24)30-21(20(17)22(26)27-3)23-19(25)14-29-16-8-6-15(7-9-16)28-5-2;/h6-9H,4-5,10-14H2,1-3H3,(H,23,25);1H. The SMILES string of the molecule is CCCN1CCc2c(sc(NC(=O)COc3ccc(OCC)cc3)c2C(=O)OC)C1.Cl. The minimum atomic E-state index is -0.417. The van der Waals surface area contributed by atoms with Gasteiger partial charge >= 0.3 is 5.97 Å². The molecule has 0 spiro atoms. The van der Waals surface area contributed by atoms with Crippen molar-refractivity contribution in [2.24, 2.45) is 0 Å². The molecule has 0 bridgehead atoms.